The molecule has 1 aromatic carbocycles. The Morgan fingerprint density at radius 1 is 1.41 bits per heavy atom. The smallest absolute Gasteiger partial charge is 0.319 e. The molecule has 1 unspecified atom stereocenters. The quantitative estimate of drug-likeness (QED) is 0.898. The minimum atomic E-state index is -0.499. The van der Waals surface area contributed by atoms with Gasteiger partial charge in [-0.25, -0.2) is 9.18 Å². The molecule has 1 aliphatic rings. The van der Waals surface area contributed by atoms with E-state index in [1.54, 1.807) is 0 Å². The lowest BCUT2D eigenvalue weighted by atomic mass is 10.1. The molecule has 1 aromatic rings. The van der Waals surface area contributed by atoms with Crippen LogP contribution in [-0.4, -0.2) is 36.6 Å². The van der Waals surface area contributed by atoms with Crippen molar-refractivity contribution in [2.75, 3.05) is 25.0 Å². The molecule has 2 rings (SSSR count). The SMILES string of the molecule is CC(CN1CCCCC1)NC(=O)Nc1ccc(F)cc1C#N. The normalized spacial score (nSPS) is 16.6. The molecule has 118 valence electrons. The third kappa shape index (κ3) is 4.71. The van der Waals surface area contributed by atoms with Gasteiger partial charge in [0.15, 0.2) is 0 Å². The molecule has 1 aliphatic heterocycles. The number of piperidine rings is 1. The van der Waals surface area contributed by atoms with Gasteiger partial charge in [-0.1, -0.05) is 6.42 Å². The van der Waals surface area contributed by atoms with Gasteiger partial charge in [0.05, 0.1) is 11.3 Å². The highest BCUT2D eigenvalue weighted by molar-refractivity contribution is 5.90. The molecule has 2 N–H and O–H groups in total. The maximum atomic E-state index is 13.1. The predicted molar refractivity (Wildman–Crippen MR) is 83.0 cm³/mol. The van der Waals surface area contributed by atoms with Crippen molar-refractivity contribution in [1.29, 1.82) is 5.26 Å². The standard InChI is InChI=1S/C16H21FN4O/c1-12(11-21-7-3-2-4-8-21)19-16(22)20-15-6-5-14(17)9-13(15)10-18/h5-6,9,12H,2-4,7-8,11H2,1H3,(H2,19,20,22). The molecular weight excluding hydrogens is 283 g/mol. The van der Waals surface area contributed by atoms with Crippen molar-refractivity contribution in [3.63, 3.8) is 0 Å². The minimum Gasteiger partial charge on any atom is -0.334 e. The zero-order valence-electron chi connectivity index (χ0n) is 12.7. The molecule has 2 amide bonds. The van der Waals surface area contributed by atoms with Crippen molar-refractivity contribution >= 4 is 11.7 Å². The minimum absolute atomic E-state index is 0.00378. The number of amides is 2. The first-order valence-electron chi connectivity index (χ1n) is 7.58. The number of nitrogens with one attached hydrogen (secondary N) is 2. The van der Waals surface area contributed by atoms with Crippen molar-refractivity contribution in [3.8, 4) is 6.07 Å². The summed E-state index contributed by atoms with van der Waals surface area (Å²) in [5.41, 5.74) is 0.422. The number of hydrogen-bond acceptors (Lipinski definition) is 3. The van der Waals surface area contributed by atoms with E-state index >= 15 is 0 Å². The lowest BCUT2D eigenvalue weighted by molar-refractivity contribution is 0.206. The Morgan fingerprint density at radius 3 is 2.82 bits per heavy atom. The molecule has 0 radical (unpaired) electrons. The van der Waals surface area contributed by atoms with E-state index in [4.69, 9.17) is 5.26 Å². The van der Waals surface area contributed by atoms with Crippen LogP contribution in [0.3, 0.4) is 0 Å². The number of likely N-dealkylation sites (tertiary alicyclic amines) is 1. The highest BCUT2D eigenvalue weighted by Gasteiger charge is 2.15. The number of carbonyl (C=O) groups excluding carboxylic acids is 1. The molecule has 1 fully saturated rings. The summed E-state index contributed by atoms with van der Waals surface area (Å²) in [5, 5.41) is 14.4. The van der Waals surface area contributed by atoms with Gasteiger partial charge in [0.1, 0.15) is 11.9 Å². The molecule has 1 saturated heterocycles. The molecule has 0 aromatic heterocycles. The molecule has 5 nitrogen and oxygen atoms in total. The summed E-state index contributed by atoms with van der Waals surface area (Å²) in [5.74, 6) is -0.499. The monoisotopic (exact) mass is 304 g/mol. The number of carbonyl (C=O) groups is 1. The van der Waals surface area contributed by atoms with Gasteiger partial charge in [-0.05, 0) is 51.1 Å². The van der Waals surface area contributed by atoms with Crippen molar-refractivity contribution in [1.82, 2.24) is 10.2 Å². The van der Waals surface area contributed by atoms with E-state index in [1.165, 1.54) is 31.4 Å². The van der Waals surface area contributed by atoms with Crippen LogP contribution in [0.15, 0.2) is 18.2 Å². The second-order valence-electron chi connectivity index (χ2n) is 5.66. The van der Waals surface area contributed by atoms with E-state index in [1.807, 2.05) is 13.0 Å². The molecule has 0 spiro atoms. The van der Waals surface area contributed by atoms with Crippen molar-refractivity contribution in [2.24, 2.45) is 0 Å². The van der Waals surface area contributed by atoms with Gasteiger partial charge >= 0.3 is 6.03 Å². The third-order valence-electron chi connectivity index (χ3n) is 3.71. The Labute approximate surface area is 130 Å². The average molecular weight is 304 g/mol. The maximum absolute atomic E-state index is 13.1. The van der Waals surface area contributed by atoms with Gasteiger partial charge in [0.2, 0.25) is 0 Å². The molecule has 0 bridgehead atoms. The Kier molecular flexibility index (Phi) is 5.73. The number of anilines is 1. The Balaban J connectivity index is 1.86. The Morgan fingerprint density at radius 2 is 2.14 bits per heavy atom. The highest BCUT2D eigenvalue weighted by atomic mass is 19.1. The molecule has 6 heteroatoms. The Bertz CT molecular complexity index is 564. The van der Waals surface area contributed by atoms with Gasteiger partial charge < -0.3 is 15.5 Å². The predicted octanol–water partition coefficient (Wildman–Crippen LogP) is 2.69. The van der Waals surface area contributed by atoms with E-state index in [0.29, 0.717) is 5.69 Å². The second-order valence-corrected chi connectivity index (χ2v) is 5.66. The van der Waals surface area contributed by atoms with E-state index in [2.05, 4.69) is 15.5 Å². The fourth-order valence-electron chi connectivity index (χ4n) is 2.68. The highest BCUT2D eigenvalue weighted by Crippen LogP contribution is 2.16. The summed E-state index contributed by atoms with van der Waals surface area (Å²) in [6, 6.07) is 5.20. The fourth-order valence-corrected chi connectivity index (χ4v) is 2.68. The van der Waals surface area contributed by atoms with Crippen LogP contribution in [0.1, 0.15) is 31.7 Å². The summed E-state index contributed by atoms with van der Waals surface area (Å²) in [7, 11) is 0. The van der Waals surface area contributed by atoms with Gasteiger partial charge in [-0.15, -0.1) is 0 Å². The first-order valence-corrected chi connectivity index (χ1v) is 7.58. The number of nitriles is 1. The Hall–Kier alpha value is -2.13. The van der Waals surface area contributed by atoms with Crippen LogP contribution in [0.4, 0.5) is 14.9 Å². The van der Waals surface area contributed by atoms with Crippen LogP contribution in [0, 0.1) is 17.1 Å². The summed E-state index contributed by atoms with van der Waals surface area (Å²) >= 11 is 0. The largest absolute Gasteiger partial charge is 0.334 e. The zero-order chi connectivity index (χ0) is 15.9. The third-order valence-corrected chi connectivity index (χ3v) is 3.71. The van der Waals surface area contributed by atoms with E-state index in [-0.39, 0.29) is 17.6 Å². The molecule has 1 heterocycles. The average Bonchev–Trinajstić information content (AvgIpc) is 2.49. The van der Waals surface area contributed by atoms with Crippen LogP contribution in [-0.2, 0) is 0 Å². The van der Waals surface area contributed by atoms with E-state index in [0.717, 1.165) is 25.7 Å². The number of benzene rings is 1. The van der Waals surface area contributed by atoms with Crippen LogP contribution in [0.5, 0.6) is 0 Å². The summed E-state index contributed by atoms with van der Waals surface area (Å²) in [6.07, 6.45) is 3.69. The fraction of sp³-hybridized carbons (Fsp3) is 0.500. The zero-order valence-corrected chi connectivity index (χ0v) is 12.7. The van der Waals surface area contributed by atoms with Crippen LogP contribution in [0.2, 0.25) is 0 Å². The van der Waals surface area contributed by atoms with Crippen molar-refractivity contribution in [2.45, 2.75) is 32.2 Å². The van der Waals surface area contributed by atoms with Gasteiger partial charge in [0, 0.05) is 12.6 Å². The summed E-state index contributed by atoms with van der Waals surface area (Å²) < 4.78 is 13.1. The van der Waals surface area contributed by atoms with E-state index in [9.17, 15) is 9.18 Å². The number of nitrogens with zero attached hydrogens (tertiary/aromatic N) is 2. The van der Waals surface area contributed by atoms with Gasteiger partial charge in [0.25, 0.3) is 0 Å². The molecule has 0 saturated carbocycles. The lowest BCUT2D eigenvalue weighted by Crippen LogP contribution is -2.45. The van der Waals surface area contributed by atoms with Crippen LogP contribution in [0.25, 0.3) is 0 Å². The summed E-state index contributed by atoms with van der Waals surface area (Å²) in [6.45, 7) is 4.90. The molecule has 0 aliphatic carbocycles. The summed E-state index contributed by atoms with van der Waals surface area (Å²) in [4.78, 5) is 14.3. The van der Waals surface area contributed by atoms with Gasteiger partial charge in [-0.2, -0.15) is 5.26 Å². The van der Waals surface area contributed by atoms with Crippen molar-refractivity contribution in [3.05, 3.63) is 29.6 Å². The van der Waals surface area contributed by atoms with E-state index < -0.39 is 5.82 Å². The second kappa shape index (κ2) is 7.76. The van der Waals surface area contributed by atoms with Gasteiger partial charge in [-0.3, -0.25) is 0 Å². The molecular formula is C16H21FN4O. The molecule has 1 atom stereocenters. The van der Waals surface area contributed by atoms with Crippen LogP contribution >= 0.6 is 0 Å². The number of halogens is 1. The van der Waals surface area contributed by atoms with Crippen LogP contribution < -0.4 is 10.6 Å². The lowest BCUT2D eigenvalue weighted by Gasteiger charge is -2.29. The maximum Gasteiger partial charge on any atom is 0.319 e. The number of urea groups is 1. The number of hydrogen-bond donors (Lipinski definition) is 2. The topological polar surface area (TPSA) is 68.2 Å². The first-order chi connectivity index (χ1) is 10.6. The molecule has 22 heavy (non-hydrogen) atoms. The van der Waals surface area contributed by atoms with Crippen molar-refractivity contribution < 1.29 is 9.18 Å². The first kappa shape index (κ1) is 16.2. The number of rotatable bonds is 4.